The van der Waals surface area contributed by atoms with Gasteiger partial charge in [0.15, 0.2) is 0 Å². The van der Waals surface area contributed by atoms with Crippen molar-refractivity contribution in [2.45, 2.75) is 0 Å². The summed E-state index contributed by atoms with van der Waals surface area (Å²) in [6.45, 7) is 0. The number of para-hydroxylation sites is 1. The number of hydrogen-bond donors (Lipinski definition) is 0. The first kappa shape index (κ1) is 11.5. The Balaban J connectivity index is 2.99. The molecule has 0 aliphatic heterocycles. The molecular weight excluding hydrogens is 198 g/mol. The van der Waals surface area contributed by atoms with Crippen LogP contribution in [0.4, 0.5) is 0 Å². The van der Waals surface area contributed by atoms with Crippen molar-refractivity contribution in [3.8, 4) is 5.75 Å². The molecule has 0 bridgehead atoms. The lowest BCUT2D eigenvalue weighted by Gasteiger charge is -2.16. The van der Waals surface area contributed by atoms with Gasteiger partial charge in [0.2, 0.25) is 0 Å². The Kier molecular flexibility index (Phi) is 4.08. The van der Waals surface area contributed by atoms with Crippen molar-refractivity contribution in [3.63, 3.8) is 0 Å². The molecule has 0 fully saturated rings. The number of carbonyl (C=O) groups excluding carboxylic acids is 1. The molecule has 15 heavy (non-hydrogen) atoms. The van der Waals surface area contributed by atoms with Gasteiger partial charge < -0.3 is 4.74 Å². The molecule has 5 heteroatoms. The summed E-state index contributed by atoms with van der Waals surface area (Å²) in [5, 5.41) is 0.776. The summed E-state index contributed by atoms with van der Waals surface area (Å²) in [6, 6.07) is 6.84. The maximum Gasteiger partial charge on any atom is 0.307 e. The first-order chi connectivity index (χ1) is 7.24. The second kappa shape index (κ2) is 5.33. The van der Waals surface area contributed by atoms with E-state index in [4.69, 9.17) is 14.4 Å². The molecule has 1 amide bonds. The minimum absolute atomic E-state index is 0.378. The zero-order valence-electron chi connectivity index (χ0n) is 8.89. The highest BCUT2D eigenvalue weighted by Crippen LogP contribution is 2.19. The molecule has 0 saturated carbocycles. The van der Waals surface area contributed by atoms with E-state index in [-0.39, 0.29) is 0 Å². The maximum absolute atomic E-state index is 11.8. The molecule has 0 spiro atoms. The van der Waals surface area contributed by atoms with Crippen LogP contribution in [-0.2, 0) is 9.68 Å². The van der Waals surface area contributed by atoms with Crippen LogP contribution in [-0.4, -0.2) is 32.5 Å². The number of hydroxylamine groups is 2. The van der Waals surface area contributed by atoms with E-state index < -0.39 is 5.91 Å². The summed E-state index contributed by atoms with van der Waals surface area (Å²) in [5.41, 5.74) is 0.378. The second-order valence-electron chi connectivity index (χ2n) is 2.63. The van der Waals surface area contributed by atoms with Crippen LogP contribution in [0.3, 0.4) is 0 Å². The van der Waals surface area contributed by atoms with E-state index in [2.05, 4.69) is 0 Å². The minimum Gasteiger partial charge on any atom is -0.496 e. The molecule has 0 heterocycles. The average molecular weight is 211 g/mol. The lowest BCUT2D eigenvalue weighted by atomic mass is 10.2. The Bertz CT molecular complexity index is 336. The Morgan fingerprint density at radius 3 is 2.27 bits per heavy atom. The largest absolute Gasteiger partial charge is 0.496 e. The van der Waals surface area contributed by atoms with Gasteiger partial charge in [-0.1, -0.05) is 17.4 Å². The van der Waals surface area contributed by atoms with Gasteiger partial charge >= 0.3 is 5.91 Å². The van der Waals surface area contributed by atoms with Gasteiger partial charge in [0.1, 0.15) is 5.75 Å². The van der Waals surface area contributed by atoms with E-state index in [1.807, 2.05) is 0 Å². The number of amides is 1. The van der Waals surface area contributed by atoms with Gasteiger partial charge in [0.25, 0.3) is 0 Å². The minimum atomic E-state index is -0.419. The third kappa shape index (κ3) is 2.45. The van der Waals surface area contributed by atoms with Crippen molar-refractivity contribution >= 4 is 5.91 Å². The number of carbonyl (C=O) groups is 1. The van der Waals surface area contributed by atoms with Crippen molar-refractivity contribution < 1.29 is 19.2 Å². The second-order valence-corrected chi connectivity index (χ2v) is 2.63. The molecule has 0 radical (unpaired) electrons. The fourth-order valence-corrected chi connectivity index (χ4v) is 1.16. The van der Waals surface area contributed by atoms with Gasteiger partial charge in [-0.05, 0) is 12.1 Å². The van der Waals surface area contributed by atoms with Crippen LogP contribution in [0.25, 0.3) is 0 Å². The molecule has 0 aliphatic rings. The first-order valence-electron chi connectivity index (χ1n) is 4.30. The zero-order chi connectivity index (χ0) is 11.3. The molecular formula is C10H13NO4. The molecule has 1 aromatic carbocycles. The molecule has 0 N–H and O–H groups in total. The van der Waals surface area contributed by atoms with Gasteiger partial charge in [-0.3, -0.25) is 4.79 Å². The summed E-state index contributed by atoms with van der Waals surface area (Å²) in [7, 11) is 4.18. The average Bonchev–Trinajstić information content (AvgIpc) is 2.30. The number of methoxy groups -OCH3 is 1. The summed E-state index contributed by atoms with van der Waals surface area (Å²) in [5.74, 6) is 0.0547. The number of hydrogen-bond acceptors (Lipinski definition) is 4. The summed E-state index contributed by atoms with van der Waals surface area (Å²) in [6.07, 6.45) is 0. The number of benzene rings is 1. The summed E-state index contributed by atoms with van der Waals surface area (Å²) < 4.78 is 5.05. The number of rotatable bonds is 4. The smallest absolute Gasteiger partial charge is 0.307 e. The quantitative estimate of drug-likeness (QED) is 0.703. The van der Waals surface area contributed by atoms with Crippen LogP contribution in [0.5, 0.6) is 5.75 Å². The van der Waals surface area contributed by atoms with Gasteiger partial charge in [-0.2, -0.15) is 0 Å². The molecule has 0 aliphatic carbocycles. The Hall–Kier alpha value is -1.59. The van der Waals surface area contributed by atoms with E-state index in [0.29, 0.717) is 11.3 Å². The fourth-order valence-electron chi connectivity index (χ4n) is 1.16. The Labute approximate surface area is 88.1 Å². The highest BCUT2D eigenvalue weighted by atomic mass is 16.9. The molecule has 0 saturated heterocycles. The third-order valence-corrected chi connectivity index (χ3v) is 1.83. The van der Waals surface area contributed by atoms with Gasteiger partial charge in [-0.15, -0.1) is 0 Å². The maximum atomic E-state index is 11.8. The summed E-state index contributed by atoms with van der Waals surface area (Å²) in [4.78, 5) is 21.2. The predicted octanol–water partition coefficient (Wildman–Crippen LogP) is 1.26. The normalized spacial score (nSPS) is 9.80. The van der Waals surface area contributed by atoms with Crippen molar-refractivity contribution in [3.05, 3.63) is 29.8 Å². The van der Waals surface area contributed by atoms with Crippen LogP contribution >= 0.6 is 0 Å². The lowest BCUT2D eigenvalue weighted by molar-refractivity contribution is -0.299. The van der Waals surface area contributed by atoms with Crippen LogP contribution in [0.1, 0.15) is 10.4 Å². The van der Waals surface area contributed by atoms with E-state index in [9.17, 15) is 4.79 Å². The van der Waals surface area contributed by atoms with Crippen LogP contribution in [0, 0.1) is 0 Å². The lowest BCUT2D eigenvalue weighted by Crippen LogP contribution is -2.29. The fraction of sp³-hybridized carbons (Fsp3) is 0.300. The molecule has 1 rings (SSSR count). The zero-order valence-corrected chi connectivity index (χ0v) is 8.89. The van der Waals surface area contributed by atoms with Crippen molar-refractivity contribution in [2.75, 3.05) is 21.3 Å². The van der Waals surface area contributed by atoms with Crippen LogP contribution < -0.4 is 4.74 Å². The van der Waals surface area contributed by atoms with Gasteiger partial charge in [0.05, 0.1) is 26.9 Å². The number of ether oxygens (including phenoxy) is 1. The Morgan fingerprint density at radius 1 is 1.13 bits per heavy atom. The van der Waals surface area contributed by atoms with Crippen LogP contribution in [0.2, 0.25) is 0 Å². The van der Waals surface area contributed by atoms with Gasteiger partial charge in [-0.25, -0.2) is 9.68 Å². The monoisotopic (exact) mass is 211 g/mol. The molecule has 0 atom stereocenters. The van der Waals surface area contributed by atoms with Crippen LogP contribution in [0.15, 0.2) is 24.3 Å². The van der Waals surface area contributed by atoms with E-state index in [0.717, 1.165) is 5.23 Å². The van der Waals surface area contributed by atoms with E-state index in [1.165, 1.54) is 21.3 Å². The molecule has 1 aromatic rings. The van der Waals surface area contributed by atoms with Crippen molar-refractivity contribution in [2.24, 2.45) is 0 Å². The van der Waals surface area contributed by atoms with E-state index >= 15 is 0 Å². The highest BCUT2D eigenvalue weighted by Gasteiger charge is 2.19. The topological polar surface area (TPSA) is 48.0 Å². The SMILES string of the molecule is COc1ccccc1C(=O)N(OC)OC. The molecule has 82 valence electrons. The highest BCUT2D eigenvalue weighted by molar-refractivity contribution is 5.95. The first-order valence-corrected chi connectivity index (χ1v) is 4.30. The molecule has 5 nitrogen and oxygen atoms in total. The van der Waals surface area contributed by atoms with E-state index in [1.54, 1.807) is 24.3 Å². The predicted molar refractivity (Wildman–Crippen MR) is 53.2 cm³/mol. The van der Waals surface area contributed by atoms with Gasteiger partial charge in [0, 0.05) is 0 Å². The standard InChI is InChI=1S/C10H13NO4/c1-13-9-7-5-4-6-8(9)10(12)11(14-2)15-3/h4-7H,1-3H3. The number of nitrogens with zero attached hydrogens (tertiary/aromatic N) is 1. The molecule has 0 unspecified atom stereocenters. The van der Waals surface area contributed by atoms with Crippen molar-refractivity contribution in [1.82, 2.24) is 5.23 Å². The Morgan fingerprint density at radius 2 is 1.73 bits per heavy atom. The van der Waals surface area contributed by atoms with Crippen molar-refractivity contribution in [1.29, 1.82) is 0 Å². The molecule has 0 aromatic heterocycles. The third-order valence-electron chi connectivity index (χ3n) is 1.83. The summed E-state index contributed by atoms with van der Waals surface area (Å²) >= 11 is 0.